The topological polar surface area (TPSA) is 50.4 Å². The quantitative estimate of drug-likeness (QED) is 0.544. The molecule has 0 saturated carbocycles. The molecule has 4 nitrogen and oxygen atoms in total. The summed E-state index contributed by atoms with van der Waals surface area (Å²) < 4.78 is 0. The number of anilines is 3. The van der Waals surface area contributed by atoms with Gasteiger partial charge in [-0.25, -0.2) is 9.98 Å². The Labute approximate surface area is 177 Å². The summed E-state index contributed by atoms with van der Waals surface area (Å²) in [5.41, 5.74) is 8.39. The van der Waals surface area contributed by atoms with Crippen molar-refractivity contribution in [3.05, 3.63) is 103 Å². The summed E-state index contributed by atoms with van der Waals surface area (Å²) in [5.74, 6) is 0. The molecule has 3 aromatic carbocycles. The van der Waals surface area contributed by atoms with E-state index in [4.69, 9.17) is 4.99 Å². The van der Waals surface area contributed by atoms with E-state index in [1.165, 1.54) is 5.56 Å². The van der Waals surface area contributed by atoms with E-state index in [1.54, 1.807) is 0 Å². The van der Waals surface area contributed by atoms with Crippen molar-refractivity contribution in [3.63, 3.8) is 0 Å². The van der Waals surface area contributed by atoms with E-state index in [9.17, 15) is 0 Å². The third kappa shape index (κ3) is 5.11. The Hall–Kier alpha value is -3.92. The molecule has 0 unspecified atom stereocenters. The first-order valence-corrected chi connectivity index (χ1v) is 9.98. The summed E-state index contributed by atoms with van der Waals surface area (Å²) in [4.78, 5) is 8.11. The van der Waals surface area contributed by atoms with Gasteiger partial charge < -0.3 is 10.6 Å². The number of hydrogen-bond acceptors (Lipinski definition) is 3. The van der Waals surface area contributed by atoms with Gasteiger partial charge in [0.15, 0.2) is 0 Å². The summed E-state index contributed by atoms with van der Waals surface area (Å²) in [6.07, 6.45) is 8.13. The number of hydrogen-bond donors (Lipinski definition) is 3. The van der Waals surface area contributed by atoms with Crippen LogP contribution in [0.3, 0.4) is 0 Å². The van der Waals surface area contributed by atoms with E-state index in [2.05, 4.69) is 58.9 Å². The van der Waals surface area contributed by atoms with Crippen LogP contribution in [-0.4, -0.2) is 18.5 Å². The lowest BCUT2D eigenvalue weighted by atomic mass is 10.1. The molecule has 3 N–H and O–H groups in total. The van der Waals surface area contributed by atoms with Crippen molar-refractivity contribution in [2.75, 3.05) is 17.7 Å². The van der Waals surface area contributed by atoms with Crippen LogP contribution in [0.15, 0.2) is 102 Å². The van der Waals surface area contributed by atoms with Gasteiger partial charge in [0.05, 0.1) is 11.4 Å². The van der Waals surface area contributed by atoms with Crippen molar-refractivity contribution in [1.82, 2.24) is 0 Å². The highest BCUT2D eigenvalue weighted by atomic mass is 14.9. The number of aliphatic imine (C=N–C) groups is 1. The molecule has 148 valence electrons. The number of nitrogens with one attached hydrogen (secondary N) is 3. The third-order valence-corrected chi connectivity index (χ3v) is 4.80. The van der Waals surface area contributed by atoms with E-state index < -0.39 is 0 Å². The van der Waals surface area contributed by atoms with Gasteiger partial charge in [-0.15, -0.1) is 0 Å². The Morgan fingerprint density at radius 3 is 1.83 bits per heavy atom. The van der Waals surface area contributed by atoms with Crippen molar-refractivity contribution < 1.29 is 4.99 Å². The van der Waals surface area contributed by atoms with Crippen LogP contribution in [0.2, 0.25) is 0 Å². The normalized spacial score (nSPS) is 12.6. The summed E-state index contributed by atoms with van der Waals surface area (Å²) in [6, 6.07) is 24.7. The Morgan fingerprint density at radius 2 is 1.23 bits per heavy atom. The maximum Gasteiger partial charge on any atom is 0.204 e. The molecular formula is C26H25N4+. The Bertz CT molecular complexity index is 1100. The zero-order chi connectivity index (χ0) is 20.8. The zero-order valence-corrected chi connectivity index (χ0v) is 17.2. The van der Waals surface area contributed by atoms with Crippen molar-refractivity contribution in [2.45, 2.75) is 6.92 Å². The highest BCUT2D eigenvalue weighted by Crippen LogP contribution is 2.22. The second-order valence-electron chi connectivity index (χ2n) is 7.15. The molecule has 0 heterocycles. The molecule has 1 aliphatic rings. The van der Waals surface area contributed by atoms with Crippen molar-refractivity contribution >= 4 is 39.9 Å². The molecule has 0 aliphatic heterocycles. The molecule has 0 aromatic heterocycles. The third-order valence-electron chi connectivity index (χ3n) is 4.80. The fourth-order valence-electron chi connectivity index (χ4n) is 3.08. The molecule has 4 rings (SSSR count). The highest BCUT2D eigenvalue weighted by Gasteiger charge is 2.05. The lowest BCUT2D eigenvalue weighted by Crippen LogP contribution is -2.65. The number of rotatable bonds is 5. The average molecular weight is 394 g/mol. The van der Waals surface area contributed by atoms with Gasteiger partial charge in [0, 0.05) is 48.4 Å². The number of nitrogens with zero attached hydrogens (tertiary/aromatic N) is 1. The van der Waals surface area contributed by atoms with E-state index in [0.29, 0.717) is 0 Å². The molecule has 30 heavy (non-hydrogen) atoms. The first-order valence-electron chi connectivity index (χ1n) is 9.98. The second-order valence-corrected chi connectivity index (χ2v) is 7.15. The van der Waals surface area contributed by atoms with Gasteiger partial charge in [-0.3, -0.25) is 0 Å². The van der Waals surface area contributed by atoms with Crippen LogP contribution >= 0.6 is 0 Å². The van der Waals surface area contributed by atoms with Gasteiger partial charge in [-0.2, -0.15) is 0 Å². The molecule has 4 heteroatoms. The lowest BCUT2D eigenvalue weighted by Gasteiger charge is -2.08. The minimum atomic E-state index is 0.922. The van der Waals surface area contributed by atoms with Crippen LogP contribution in [0.4, 0.5) is 28.4 Å². The van der Waals surface area contributed by atoms with Crippen LogP contribution in [0, 0.1) is 6.92 Å². The molecule has 0 spiro atoms. The van der Waals surface area contributed by atoms with Gasteiger partial charge in [0.1, 0.15) is 0 Å². The molecule has 0 radical (unpaired) electrons. The molecule has 0 bridgehead atoms. The van der Waals surface area contributed by atoms with Crippen molar-refractivity contribution in [2.24, 2.45) is 4.99 Å². The van der Waals surface area contributed by atoms with Gasteiger partial charge in [-0.1, -0.05) is 17.7 Å². The predicted octanol–water partition coefficient (Wildman–Crippen LogP) is 4.83. The summed E-state index contributed by atoms with van der Waals surface area (Å²) >= 11 is 0. The monoisotopic (exact) mass is 393 g/mol. The van der Waals surface area contributed by atoms with Crippen LogP contribution in [0.5, 0.6) is 0 Å². The first-order chi connectivity index (χ1) is 14.7. The van der Waals surface area contributed by atoms with Gasteiger partial charge in [0.2, 0.25) is 11.4 Å². The molecule has 0 fully saturated rings. The van der Waals surface area contributed by atoms with Gasteiger partial charge >= 0.3 is 0 Å². The summed E-state index contributed by atoms with van der Waals surface area (Å²) in [6.45, 7) is 2.09. The van der Waals surface area contributed by atoms with E-state index in [0.717, 1.165) is 39.9 Å². The zero-order valence-electron chi connectivity index (χ0n) is 17.2. The van der Waals surface area contributed by atoms with Crippen molar-refractivity contribution in [1.29, 1.82) is 0 Å². The standard InChI is InChI=1S/C26H24N4/c1-19-3-5-21(6-4-19)28-23-11-13-25(14-12-23)30-26-17-15-24(16-18-26)29-22-9-7-20(27-2)8-10-22/h3-18,27,29H,1-2H3/p+1. The minimum Gasteiger partial charge on any atom is -0.388 e. The van der Waals surface area contributed by atoms with E-state index in [-0.39, 0.29) is 0 Å². The SMILES string of the molecule is CNc1ccc(Nc2ccc(N=C3C=CC(=[NH+]c4ccc(C)cc4)C=C3)cc2)cc1. The van der Waals surface area contributed by atoms with Crippen molar-refractivity contribution in [3.8, 4) is 0 Å². The Balaban J connectivity index is 1.40. The smallest absolute Gasteiger partial charge is 0.204 e. The number of allylic oxidation sites excluding steroid dienone is 4. The fraction of sp³-hybridized carbons (Fsp3) is 0.0769. The molecule has 0 atom stereocenters. The molecule has 1 aliphatic carbocycles. The van der Waals surface area contributed by atoms with Crippen LogP contribution < -0.4 is 15.6 Å². The van der Waals surface area contributed by atoms with Crippen LogP contribution in [-0.2, 0) is 0 Å². The Morgan fingerprint density at radius 1 is 0.667 bits per heavy atom. The van der Waals surface area contributed by atoms with E-state index in [1.807, 2.05) is 67.7 Å². The lowest BCUT2D eigenvalue weighted by molar-refractivity contribution is -0.351. The van der Waals surface area contributed by atoms with Gasteiger partial charge in [-0.05, 0) is 67.6 Å². The van der Waals surface area contributed by atoms with Crippen LogP contribution in [0.25, 0.3) is 0 Å². The van der Waals surface area contributed by atoms with Gasteiger partial charge in [0.25, 0.3) is 0 Å². The maximum atomic E-state index is 4.71. The predicted molar refractivity (Wildman–Crippen MR) is 128 cm³/mol. The summed E-state index contributed by atoms with van der Waals surface area (Å²) in [7, 11) is 1.92. The molecule has 0 saturated heterocycles. The maximum absolute atomic E-state index is 4.71. The molecular weight excluding hydrogens is 368 g/mol. The van der Waals surface area contributed by atoms with E-state index >= 15 is 0 Å². The Kier molecular flexibility index (Phi) is 5.85. The average Bonchev–Trinajstić information content (AvgIpc) is 2.78. The largest absolute Gasteiger partial charge is 0.388 e. The minimum absolute atomic E-state index is 0.922. The highest BCUT2D eigenvalue weighted by molar-refractivity contribution is 6.17. The second kappa shape index (κ2) is 9.05. The fourth-order valence-corrected chi connectivity index (χ4v) is 3.08. The number of benzene rings is 3. The molecule has 3 aromatic rings. The first kappa shape index (κ1) is 19.4. The summed E-state index contributed by atoms with van der Waals surface area (Å²) in [5, 5.41) is 6.52. The van der Waals surface area contributed by atoms with Crippen LogP contribution in [0.1, 0.15) is 5.56 Å². The molecule has 0 amide bonds. The number of aryl methyl sites for hydroxylation is 1.